The van der Waals surface area contributed by atoms with Crippen molar-refractivity contribution in [3.8, 4) is 0 Å². The molecule has 0 radical (unpaired) electrons. The minimum absolute atomic E-state index is 0.460. The lowest BCUT2D eigenvalue weighted by Gasteiger charge is -2.21. The lowest BCUT2D eigenvalue weighted by molar-refractivity contribution is -0.305. The van der Waals surface area contributed by atoms with Crippen LogP contribution in [0.2, 0.25) is 0 Å². The van der Waals surface area contributed by atoms with Gasteiger partial charge in [-0.2, -0.15) is 0 Å². The highest BCUT2D eigenvalue weighted by atomic mass is 31.1. The maximum absolute atomic E-state index is 9.85. The van der Waals surface area contributed by atoms with E-state index in [1.165, 1.54) is 21.1 Å². The first-order chi connectivity index (χ1) is 4.18. The Labute approximate surface area is 55.4 Å². The van der Waals surface area contributed by atoms with Gasteiger partial charge in [-0.15, -0.1) is 0 Å². The molecular weight excluding hydrogens is 143 g/mol. The highest BCUT2D eigenvalue weighted by Gasteiger charge is 2.23. The predicted octanol–water partition coefficient (Wildman–Crippen LogP) is 1.18. The maximum Gasteiger partial charge on any atom is 0.332 e. The molecule has 0 aromatic rings. The third-order valence-corrected chi connectivity index (χ3v) is 1.35. The van der Waals surface area contributed by atoms with Crippen LogP contribution < -0.4 is 0 Å². The van der Waals surface area contributed by atoms with Crippen LogP contribution in [0.25, 0.3) is 0 Å². The summed E-state index contributed by atoms with van der Waals surface area (Å²) in [6, 6.07) is 0. The Morgan fingerprint density at radius 2 is 1.78 bits per heavy atom. The maximum atomic E-state index is 9.85. The second-order valence-corrected chi connectivity index (χ2v) is 1.77. The standard InChI is InChI=1S/C4H9O4P/c1-4(6-2,7-3)8-9-5/h1-3H3. The quantitative estimate of drug-likeness (QED) is 0.448. The van der Waals surface area contributed by atoms with Crippen molar-refractivity contribution < 1.29 is 18.6 Å². The molecule has 0 N–H and O–H groups in total. The van der Waals surface area contributed by atoms with Crippen molar-refractivity contribution in [1.82, 2.24) is 0 Å². The molecule has 4 nitrogen and oxygen atoms in total. The van der Waals surface area contributed by atoms with Crippen LogP contribution in [0.1, 0.15) is 6.92 Å². The number of hydrogen-bond donors (Lipinski definition) is 0. The van der Waals surface area contributed by atoms with Gasteiger partial charge in [0.2, 0.25) is 0 Å². The minimum Gasteiger partial charge on any atom is -0.331 e. The third-order valence-electron chi connectivity index (χ3n) is 0.945. The molecule has 0 bridgehead atoms. The smallest absolute Gasteiger partial charge is 0.331 e. The normalized spacial score (nSPS) is 12.3. The Morgan fingerprint density at radius 3 is 1.89 bits per heavy atom. The van der Waals surface area contributed by atoms with Crippen molar-refractivity contribution in [3.63, 3.8) is 0 Å². The Balaban J connectivity index is 3.75. The van der Waals surface area contributed by atoms with Crippen molar-refractivity contribution in [2.75, 3.05) is 14.2 Å². The molecular formula is C4H9O4P. The highest BCUT2D eigenvalue weighted by molar-refractivity contribution is 7.17. The van der Waals surface area contributed by atoms with Gasteiger partial charge in [0.05, 0.1) is 0 Å². The second kappa shape index (κ2) is 3.90. The molecule has 0 heterocycles. The van der Waals surface area contributed by atoms with Crippen molar-refractivity contribution in [3.05, 3.63) is 0 Å². The lowest BCUT2D eigenvalue weighted by Crippen LogP contribution is -2.29. The first-order valence-corrected chi connectivity index (χ1v) is 3.02. The monoisotopic (exact) mass is 152 g/mol. The Morgan fingerprint density at radius 1 is 1.33 bits per heavy atom. The summed E-state index contributed by atoms with van der Waals surface area (Å²) in [5, 5.41) is 0. The number of rotatable bonds is 4. The Hall–Kier alpha value is -0.0200. The summed E-state index contributed by atoms with van der Waals surface area (Å²) in [4.78, 5) is 0. The Bertz CT molecular complexity index is 90.6. The number of ether oxygens (including phenoxy) is 2. The van der Waals surface area contributed by atoms with Crippen LogP contribution in [-0.4, -0.2) is 20.2 Å². The molecule has 0 saturated heterocycles. The number of hydrogen-bond acceptors (Lipinski definition) is 4. The van der Waals surface area contributed by atoms with Gasteiger partial charge in [0.25, 0.3) is 5.97 Å². The van der Waals surface area contributed by atoms with Crippen LogP contribution in [-0.2, 0) is 18.6 Å². The van der Waals surface area contributed by atoms with Gasteiger partial charge in [-0.1, -0.05) is 0 Å². The summed E-state index contributed by atoms with van der Waals surface area (Å²) in [5.41, 5.74) is 0. The predicted molar refractivity (Wildman–Crippen MR) is 31.1 cm³/mol. The molecule has 0 aliphatic carbocycles. The van der Waals surface area contributed by atoms with Gasteiger partial charge in [-0.25, -0.2) is 9.09 Å². The second-order valence-electron chi connectivity index (χ2n) is 1.44. The average Bonchev–Trinajstić information content (AvgIpc) is 1.89. The molecule has 0 aliphatic rings. The molecule has 0 fully saturated rings. The molecule has 0 aromatic heterocycles. The lowest BCUT2D eigenvalue weighted by atomic mass is 10.7. The number of methoxy groups -OCH3 is 2. The van der Waals surface area contributed by atoms with Crippen LogP contribution in [0.3, 0.4) is 0 Å². The SMILES string of the molecule is COC(C)(OC)OP=O. The van der Waals surface area contributed by atoms with Gasteiger partial charge in [-0.3, -0.25) is 0 Å². The van der Waals surface area contributed by atoms with E-state index < -0.39 is 14.7 Å². The first kappa shape index (κ1) is 8.98. The molecule has 0 aromatic carbocycles. The minimum atomic E-state index is -1.19. The molecule has 9 heavy (non-hydrogen) atoms. The van der Waals surface area contributed by atoms with E-state index in [1.54, 1.807) is 0 Å². The van der Waals surface area contributed by atoms with E-state index in [1.807, 2.05) is 0 Å². The van der Waals surface area contributed by atoms with Crippen LogP contribution >= 0.6 is 8.69 Å². The van der Waals surface area contributed by atoms with Gasteiger partial charge in [0.1, 0.15) is 0 Å². The summed E-state index contributed by atoms with van der Waals surface area (Å²) in [6.45, 7) is 1.51. The van der Waals surface area contributed by atoms with Gasteiger partial charge in [0, 0.05) is 21.1 Å². The zero-order valence-corrected chi connectivity index (χ0v) is 6.47. The van der Waals surface area contributed by atoms with Gasteiger partial charge in [0.15, 0.2) is 0 Å². The summed E-state index contributed by atoms with van der Waals surface area (Å²) < 4.78 is 23.7. The summed E-state index contributed by atoms with van der Waals surface area (Å²) in [7, 11) is 2.34. The van der Waals surface area contributed by atoms with Crippen LogP contribution in [0.4, 0.5) is 0 Å². The van der Waals surface area contributed by atoms with Crippen molar-refractivity contribution >= 4 is 8.69 Å². The van der Waals surface area contributed by atoms with Crippen LogP contribution in [0.5, 0.6) is 0 Å². The zero-order valence-electron chi connectivity index (χ0n) is 5.58. The topological polar surface area (TPSA) is 44.8 Å². The van der Waals surface area contributed by atoms with Crippen LogP contribution in [0, 0.1) is 0 Å². The molecule has 0 atom stereocenters. The van der Waals surface area contributed by atoms with Crippen molar-refractivity contribution in [1.29, 1.82) is 0 Å². The highest BCUT2D eigenvalue weighted by Crippen LogP contribution is 2.17. The first-order valence-electron chi connectivity index (χ1n) is 2.29. The van der Waals surface area contributed by atoms with Gasteiger partial charge >= 0.3 is 8.69 Å². The summed E-state index contributed by atoms with van der Waals surface area (Å²) in [6.07, 6.45) is 0. The van der Waals surface area contributed by atoms with Gasteiger partial charge < -0.3 is 9.47 Å². The van der Waals surface area contributed by atoms with Gasteiger partial charge in [-0.05, 0) is 0 Å². The van der Waals surface area contributed by atoms with E-state index in [4.69, 9.17) is 0 Å². The Kier molecular flexibility index (Phi) is 3.89. The summed E-state index contributed by atoms with van der Waals surface area (Å²) in [5.74, 6) is -1.19. The molecule has 0 rings (SSSR count). The average molecular weight is 152 g/mol. The molecule has 0 aliphatic heterocycles. The van der Waals surface area contributed by atoms with Crippen LogP contribution in [0.15, 0.2) is 0 Å². The molecule has 0 spiro atoms. The van der Waals surface area contributed by atoms with Crippen molar-refractivity contribution in [2.45, 2.75) is 12.9 Å². The fourth-order valence-electron chi connectivity index (χ4n) is 0.226. The van der Waals surface area contributed by atoms with E-state index in [-0.39, 0.29) is 0 Å². The van der Waals surface area contributed by atoms with E-state index in [9.17, 15) is 4.57 Å². The molecule has 54 valence electrons. The van der Waals surface area contributed by atoms with E-state index in [0.717, 1.165) is 0 Å². The molecule has 0 saturated carbocycles. The van der Waals surface area contributed by atoms with Crippen molar-refractivity contribution in [2.24, 2.45) is 0 Å². The fraction of sp³-hybridized carbons (Fsp3) is 1.00. The summed E-state index contributed by atoms with van der Waals surface area (Å²) >= 11 is 0. The molecule has 5 heteroatoms. The van der Waals surface area contributed by atoms with E-state index >= 15 is 0 Å². The third kappa shape index (κ3) is 2.87. The van der Waals surface area contributed by atoms with E-state index in [0.29, 0.717) is 0 Å². The zero-order chi connectivity index (χ0) is 7.33. The largest absolute Gasteiger partial charge is 0.332 e. The molecule has 0 unspecified atom stereocenters. The fourth-order valence-corrected chi connectivity index (χ4v) is 0.510. The van der Waals surface area contributed by atoms with E-state index in [2.05, 4.69) is 14.0 Å². The molecule has 0 amide bonds.